The number of carbonyl (C=O) groups is 1. The maximum atomic E-state index is 12.1. The molecule has 0 unspecified atom stereocenters. The van der Waals surface area contributed by atoms with Crippen LogP contribution in [0, 0.1) is 13.8 Å². The summed E-state index contributed by atoms with van der Waals surface area (Å²) in [4.78, 5) is 34.1. The number of fused-ring (bicyclic) bond motifs is 1. The molecule has 2 aromatic heterocycles. The largest absolute Gasteiger partial charge is 0.353 e. The predicted molar refractivity (Wildman–Crippen MR) is 99.7 cm³/mol. The van der Waals surface area contributed by atoms with Crippen LogP contribution in [-0.2, 0) is 4.79 Å². The first kappa shape index (κ1) is 16.8. The number of hydrogen-bond acceptors (Lipinski definition) is 4. The molecule has 0 aliphatic heterocycles. The van der Waals surface area contributed by atoms with Crippen LogP contribution in [0.25, 0.3) is 11.0 Å². The van der Waals surface area contributed by atoms with Crippen LogP contribution < -0.4 is 10.9 Å². The van der Waals surface area contributed by atoms with Gasteiger partial charge in [0.15, 0.2) is 5.16 Å². The predicted octanol–water partition coefficient (Wildman–Crippen LogP) is 3.36. The first-order chi connectivity index (χ1) is 11.4. The van der Waals surface area contributed by atoms with E-state index in [9.17, 15) is 9.59 Å². The number of aryl methyl sites for hydroxylation is 2. The van der Waals surface area contributed by atoms with Gasteiger partial charge in [0.1, 0.15) is 5.52 Å². The second-order valence-corrected chi connectivity index (χ2v) is 7.22. The first-order valence-electron chi connectivity index (χ1n) is 7.21. The van der Waals surface area contributed by atoms with E-state index in [1.165, 1.54) is 11.8 Å². The molecule has 0 spiro atoms. The SMILES string of the molecule is Cc1ccc(NC(=O)CSc2nc3cc(C)[nH]c3c(=O)[nH]2)c(Br)c1. The van der Waals surface area contributed by atoms with Crippen molar-refractivity contribution in [3.63, 3.8) is 0 Å². The summed E-state index contributed by atoms with van der Waals surface area (Å²) < 4.78 is 0.830. The van der Waals surface area contributed by atoms with E-state index in [-0.39, 0.29) is 17.2 Å². The Kier molecular flexibility index (Phi) is 4.77. The van der Waals surface area contributed by atoms with Gasteiger partial charge in [-0.05, 0) is 53.5 Å². The Morgan fingerprint density at radius 1 is 1.29 bits per heavy atom. The van der Waals surface area contributed by atoms with Crippen molar-refractivity contribution in [3.05, 3.63) is 50.3 Å². The van der Waals surface area contributed by atoms with Crippen LogP contribution in [0.4, 0.5) is 5.69 Å². The van der Waals surface area contributed by atoms with Crippen LogP contribution in [-0.4, -0.2) is 26.6 Å². The number of amides is 1. The molecule has 1 amide bonds. The zero-order chi connectivity index (χ0) is 17.3. The van der Waals surface area contributed by atoms with Crippen LogP contribution >= 0.6 is 27.7 Å². The molecule has 0 saturated carbocycles. The molecule has 0 fully saturated rings. The molecule has 0 aliphatic rings. The molecular weight excluding hydrogens is 392 g/mol. The smallest absolute Gasteiger partial charge is 0.275 e. The van der Waals surface area contributed by atoms with Crippen molar-refractivity contribution in [3.8, 4) is 0 Å². The van der Waals surface area contributed by atoms with Crippen LogP contribution in [0.5, 0.6) is 0 Å². The number of carbonyl (C=O) groups excluding carboxylic acids is 1. The van der Waals surface area contributed by atoms with Crippen molar-refractivity contribution in [1.82, 2.24) is 15.0 Å². The van der Waals surface area contributed by atoms with Gasteiger partial charge >= 0.3 is 0 Å². The molecule has 0 bridgehead atoms. The van der Waals surface area contributed by atoms with E-state index < -0.39 is 0 Å². The number of hydrogen-bond donors (Lipinski definition) is 3. The van der Waals surface area contributed by atoms with Gasteiger partial charge in [0.05, 0.1) is 17.0 Å². The Morgan fingerprint density at radius 2 is 2.08 bits per heavy atom. The minimum absolute atomic E-state index is 0.151. The fourth-order valence-corrected chi connectivity index (χ4v) is 3.50. The number of benzene rings is 1. The molecule has 0 radical (unpaired) electrons. The average molecular weight is 407 g/mol. The molecule has 3 aromatic rings. The third-order valence-electron chi connectivity index (χ3n) is 3.34. The second-order valence-electron chi connectivity index (χ2n) is 5.40. The second kappa shape index (κ2) is 6.82. The molecule has 1 aromatic carbocycles. The van der Waals surface area contributed by atoms with E-state index in [0.717, 1.165) is 15.7 Å². The summed E-state index contributed by atoms with van der Waals surface area (Å²) in [5, 5.41) is 3.25. The topological polar surface area (TPSA) is 90.6 Å². The Hall–Kier alpha value is -2.06. The van der Waals surface area contributed by atoms with E-state index >= 15 is 0 Å². The standard InChI is InChI=1S/C16H15BrN4O2S/c1-8-3-4-11(10(17)5-8)19-13(22)7-24-16-20-12-6-9(2)18-14(12)15(23)21-16/h3-6,18H,7H2,1-2H3,(H,19,22)(H,20,21,23). The molecule has 3 rings (SSSR count). The Balaban J connectivity index is 1.69. The number of nitrogens with zero attached hydrogens (tertiary/aromatic N) is 1. The Labute approximate surface area is 150 Å². The summed E-state index contributed by atoms with van der Waals surface area (Å²) in [5.74, 6) is -0.0180. The Bertz CT molecular complexity index is 980. The van der Waals surface area contributed by atoms with Gasteiger partial charge in [-0.15, -0.1) is 0 Å². The summed E-state index contributed by atoms with van der Waals surface area (Å²) >= 11 is 4.61. The first-order valence-corrected chi connectivity index (χ1v) is 8.98. The molecular formula is C16H15BrN4O2S. The van der Waals surface area contributed by atoms with Crippen molar-refractivity contribution >= 4 is 50.3 Å². The van der Waals surface area contributed by atoms with Crippen LogP contribution in [0.2, 0.25) is 0 Å². The van der Waals surface area contributed by atoms with Crippen molar-refractivity contribution in [2.24, 2.45) is 0 Å². The van der Waals surface area contributed by atoms with E-state index in [0.29, 0.717) is 21.9 Å². The number of anilines is 1. The zero-order valence-electron chi connectivity index (χ0n) is 13.1. The molecule has 0 atom stereocenters. The fourth-order valence-electron chi connectivity index (χ4n) is 2.24. The van der Waals surface area contributed by atoms with E-state index in [1.807, 2.05) is 32.0 Å². The van der Waals surface area contributed by atoms with Crippen molar-refractivity contribution in [1.29, 1.82) is 0 Å². The highest BCUT2D eigenvalue weighted by Gasteiger charge is 2.10. The fraction of sp³-hybridized carbons (Fsp3) is 0.188. The zero-order valence-corrected chi connectivity index (χ0v) is 15.5. The van der Waals surface area contributed by atoms with Gasteiger partial charge < -0.3 is 10.3 Å². The lowest BCUT2D eigenvalue weighted by molar-refractivity contribution is -0.113. The van der Waals surface area contributed by atoms with Crippen LogP contribution in [0.3, 0.4) is 0 Å². The summed E-state index contributed by atoms with van der Waals surface area (Å²) in [6, 6.07) is 7.51. The maximum absolute atomic E-state index is 12.1. The van der Waals surface area contributed by atoms with Gasteiger partial charge in [0, 0.05) is 10.2 Å². The van der Waals surface area contributed by atoms with Gasteiger partial charge in [-0.25, -0.2) is 4.98 Å². The lowest BCUT2D eigenvalue weighted by Gasteiger charge is -2.07. The van der Waals surface area contributed by atoms with E-state index in [4.69, 9.17) is 0 Å². The van der Waals surface area contributed by atoms with E-state index in [2.05, 4.69) is 36.2 Å². The lowest BCUT2D eigenvalue weighted by Crippen LogP contribution is -2.15. The maximum Gasteiger partial charge on any atom is 0.275 e. The van der Waals surface area contributed by atoms with Gasteiger partial charge in [-0.2, -0.15) is 0 Å². The highest BCUT2D eigenvalue weighted by atomic mass is 79.9. The van der Waals surface area contributed by atoms with E-state index in [1.54, 1.807) is 6.07 Å². The minimum Gasteiger partial charge on any atom is -0.353 e. The quantitative estimate of drug-likeness (QED) is 0.457. The average Bonchev–Trinajstić information content (AvgIpc) is 2.89. The third-order valence-corrected chi connectivity index (χ3v) is 4.87. The van der Waals surface area contributed by atoms with Crippen LogP contribution in [0.15, 0.2) is 38.7 Å². The molecule has 2 heterocycles. The van der Waals surface area contributed by atoms with Crippen molar-refractivity contribution < 1.29 is 4.79 Å². The van der Waals surface area contributed by atoms with Gasteiger partial charge in [0.25, 0.3) is 5.56 Å². The number of thioether (sulfide) groups is 1. The molecule has 124 valence electrons. The third kappa shape index (κ3) is 3.70. The van der Waals surface area contributed by atoms with Crippen molar-refractivity contribution in [2.45, 2.75) is 19.0 Å². The molecule has 6 nitrogen and oxygen atoms in total. The van der Waals surface area contributed by atoms with Gasteiger partial charge in [-0.1, -0.05) is 17.8 Å². The number of aromatic nitrogens is 3. The molecule has 0 aliphatic carbocycles. The monoisotopic (exact) mass is 406 g/mol. The molecule has 3 N–H and O–H groups in total. The molecule has 0 saturated heterocycles. The summed E-state index contributed by atoms with van der Waals surface area (Å²) in [6.07, 6.45) is 0. The Morgan fingerprint density at radius 3 is 2.83 bits per heavy atom. The summed E-state index contributed by atoms with van der Waals surface area (Å²) in [6.45, 7) is 3.84. The number of aromatic amines is 2. The highest BCUT2D eigenvalue weighted by Crippen LogP contribution is 2.24. The number of nitrogens with one attached hydrogen (secondary N) is 3. The summed E-state index contributed by atoms with van der Waals surface area (Å²) in [5.41, 5.74) is 3.49. The normalized spacial score (nSPS) is 11.0. The van der Waals surface area contributed by atoms with Gasteiger partial charge in [-0.3, -0.25) is 14.6 Å². The highest BCUT2D eigenvalue weighted by molar-refractivity contribution is 9.10. The molecule has 24 heavy (non-hydrogen) atoms. The lowest BCUT2D eigenvalue weighted by atomic mass is 10.2. The van der Waals surface area contributed by atoms with Gasteiger partial charge in [0.2, 0.25) is 5.91 Å². The molecule has 8 heteroatoms. The number of H-pyrrole nitrogens is 2. The number of rotatable bonds is 4. The summed E-state index contributed by atoms with van der Waals surface area (Å²) in [7, 11) is 0. The minimum atomic E-state index is -0.239. The number of halogens is 1. The van der Waals surface area contributed by atoms with Crippen molar-refractivity contribution in [2.75, 3.05) is 11.1 Å². The van der Waals surface area contributed by atoms with Crippen LogP contribution in [0.1, 0.15) is 11.3 Å².